The van der Waals surface area contributed by atoms with Gasteiger partial charge in [0.1, 0.15) is 0 Å². The van der Waals surface area contributed by atoms with Crippen molar-refractivity contribution in [1.29, 1.82) is 0 Å². The van der Waals surface area contributed by atoms with Crippen LogP contribution in [0.5, 0.6) is 0 Å². The summed E-state index contributed by atoms with van der Waals surface area (Å²) < 4.78 is 57.9. The highest BCUT2D eigenvalue weighted by atomic mass is 19.2. The maximum Gasteiger partial charge on any atom is 0.166 e. The van der Waals surface area contributed by atoms with Crippen LogP contribution in [0, 0.1) is 23.3 Å². The number of halogens is 4. The maximum atomic E-state index is 14.6. The fourth-order valence-electron chi connectivity index (χ4n) is 4.23. The molecule has 4 aromatic carbocycles. The van der Waals surface area contributed by atoms with Crippen molar-refractivity contribution in [3.63, 3.8) is 0 Å². The zero-order valence-electron chi connectivity index (χ0n) is 19.3. The highest BCUT2D eigenvalue weighted by Gasteiger charge is 2.16. The third-order valence-electron chi connectivity index (χ3n) is 6.09. The molecule has 4 aromatic rings. The molecule has 4 rings (SSSR count). The molecule has 0 unspecified atom stereocenters. The van der Waals surface area contributed by atoms with E-state index in [1.807, 2.05) is 38.1 Å². The van der Waals surface area contributed by atoms with Gasteiger partial charge in [-0.05, 0) is 46.2 Å². The molecule has 0 amide bonds. The highest BCUT2D eigenvalue weighted by molar-refractivity contribution is 5.74. The van der Waals surface area contributed by atoms with Crippen molar-refractivity contribution in [3.8, 4) is 33.4 Å². The molecule has 0 aliphatic carbocycles. The van der Waals surface area contributed by atoms with Crippen LogP contribution >= 0.6 is 0 Å². The largest absolute Gasteiger partial charge is 0.203 e. The second-order valence-corrected chi connectivity index (χ2v) is 8.46. The minimum absolute atomic E-state index is 0.225. The van der Waals surface area contributed by atoms with E-state index >= 15 is 0 Å². The lowest BCUT2D eigenvalue weighted by molar-refractivity contribution is 0.500. The summed E-state index contributed by atoms with van der Waals surface area (Å²) >= 11 is 0. The standard InChI is InChI=1S/C30H26F4/c1-3-5-23-15-17-25(29(33)27(23)31)21-11-7-19(8-12-21)20-9-13-22(14-10-20)26-18-16-24(6-4-2)28(32)30(26)34/h7-18H,3-6H2,1-2H3. The summed E-state index contributed by atoms with van der Waals surface area (Å²) in [7, 11) is 0. The zero-order chi connectivity index (χ0) is 24.2. The average molecular weight is 463 g/mol. The van der Waals surface area contributed by atoms with Crippen LogP contribution in [-0.4, -0.2) is 0 Å². The third kappa shape index (κ3) is 4.63. The van der Waals surface area contributed by atoms with Crippen LogP contribution in [0.2, 0.25) is 0 Å². The van der Waals surface area contributed by atoms with Gasteiger partial charge in [-0.1, -0.05) is 99.5 Å². The smallest absolute Gasteiger partial charge is 0.166 e. The summed E-state index contributed by atoms with van der Waals surface area (Å²) in [4.78, 5) is 0. The van der Waals surface area contributed by atoms with Crippen LogP contribution in [0.3, 0.4) is 0 Å². The third-order valence-corrected chi connectivity index (χ3v) is 6.09. The molecule has 34 heavy (non-hydrogen) atoms. The van der Waals surface area contributed by atoms with Gasteiger partial charge in [0.05, 0.1) is 0 Å². The molecule has 0 bridgehead atoms. The van der Waals surface area contributed by atoms with E-state index in [2.05, 4.69) is 0 Å². The fourth-order valence-corrected chi connectivity index (χ4v) is 4.23. The fraction of sp³-hybridized carbons (Fsp3) is 0.200. The van der Waals surface area contributed by atoms with Crippen molar-refractivity contribution >= 4 is 0 Å². The number of hydrogen-bond acceptors (Lipinski definition) is 0. The first kappa shape index (κ1) is 23.7. The van der Waals surface area contributed by atoms with Gasteiger partial charge in [0.25, 0.3) is 0 Å². The number of hydrogen-bond donors (Lipinski definition) is 0. The van der Waals surface area contributed by atoms with E-state index in [1.54, 1.807) is 48.5 Å². The monoisotopic (exact) mass is 462 g/mol. The molecule has 0 saturated carbocycles. The van der Waals surface area contributed by atoms with Gasteiger partial charge in [-0.25, -0.2) is 17.6 Å². The summed E-state index contributed by atoms with van der Waals surface area (Å²) in [5.74, 6) is -3.24. The Labute approximate surface area is 197 Å². The van der Waals surface area contributed by atoms with Crippen LogP contribution in [-0.2, 0) is 12.8 Å². The van der Waals surface area contributed by atoms with Gasteiger partial charge in [0.15, 0.2) is 23.3 Å². The summed E-state index contributed by atoms with van der Waals surface area (Å²) in [6.07, 6.45) is 2.48. The summed E-state index contributed by atoms with van der Waals surface area (Å²) in [5.41, 5.74) is 4.15. The Morgan fingerprint density at radius 1 is 0.412 bits per heavy atom. The number of aryl methyl sites for hydroxylation is 2. The molecule has 0 N–H and O–H groups in total. The molecule has 0 atom stereocenters. The van der Waals surface area contributed by atoms with Crippen LogP contribution in [0.15, 0.2) is 72.8 Å². The number of benzene rings is 4. The van der Waals surface area contributed by atoms with Crippen molar-refractivity contribution in [1.82, 2.24) is 0 Å². The molecular formula is C30H26F4. The molecule has 0 nitrogen and oxygen atoms in total. The molecule has 0 fully saturated rings. The lowest BCUT2D eigenvalue weighted by Gasteiger charge is -2.11. The van der Waals surface area contributed by atoms with E-state index in [4.69, 9.17) is 0 Å². The molecular weight excluding hydrogens is 436 g/mol. The molecule has 0 spiro atoms. The van der Waals surface area contributed by atoms with Crippen LogP contribution in [0.1, 0.15) is 37.8 Å². The predicted octanol–water partition coefficient (Wildman–Crippen LogP) is 9.15. The van der Waals surface area contributed by atoms with Crippen LogP contribution in [0.25, 0.3) is 33.4 Å². The number of rotatable bonds is 7. The Balaban J connectivity index is 1.58. The van der Waals surface area contributed by atoms with Gasteiger partial charge in [0, 0.05) is 11.1 Å². The maximum absolute atomic E-state index is 14.6. The quantitative estimate of drug-likeness (QED) is 0.240. The topological polar surface area (TPSA) is 0 Å². The highest BCUT2D eigenvalue weighted by Crippen LogP contribution is 2.32. The van der Waals surface area contributed by atoms with Gasteiger partial charge in [-0.3, -0.25) is 0 Å². The van der Waals surface area contributed by atoms with E-state index in [0.717, 1.165) is 24.0 Å². The van der Waals surface area contributed by atoms with Crippen molar-refractivity contribution in [3.05, 3.63) is 107 Å². The van der Waals surface area contributed by atoms with E-state index < -0.39 is 23.3 Å². The van der Waals surface area contributed by atoms with Crippen molar-refractivity contribution < 1.29 is 17.6 Å². The normalized spacial score (nSPS) is 11.1. The van der Waals surface area contributed by atoms with Crippen molar-refractivity contribution in [2.24, 2.45) is 0 Å². The Bertz CT molecular complexity index is 1190. The second-order valence-electron chi connectivity index (χ2n) is 8.46. The minimum Gasteiger partial charge on any atom is -0.203 e. The Morgan fingerprint density at radius 3 is 1.06 bits per heavy atom. The first-order chi connectivity index (χ1) is 16.4. The van der Waals surface area contributed by atoms with Crippen molar-refractivity contribution in [2.45, 2.75) is 39.5 Å². The SMILES string of the molecule is CCCc1ccc(-c2ccc(-c3ccc(-c4ccc(CCC)c(F)c4F)cc3)cc2)c(F)c1F. The lowest BCUT2D eigenvalue weighted by Crippen LogP contribution is -1.97. The van der Waals surface area contributed by atoms with Crippen molar-refractivity contribution in [2.75, 3.05) is 0 Å². The first-order valence-electron chi connectivity index (χ1n) is 11.6. The van der Waals surface area contributed by atoms with Gasteiger partial charge < -0.3 is 0 Å². The van der Waals surface area contributed by atoms with Gasteiger partial charge in [0.2, 0.25) is 0 Å². The van der Waals surface area contributed by atoms with Crippen LogP contribution in [0.4, 0.5) is 17.6 Å². The van der Waals surface area contributed by atoms with E-state index in [9.17, 15) is 17.6 Å². The Morgan fingerprint density at radius 2 is 0.735 bits per heavy atom. The van der Waals surface area contributed by atoms with Gasteiger partial charge >= 0.3 is 0 Å². The minimum atomic E-state index is -0.831. The lowest BCUT2D eigenvalue weighted by atomic mass is 9.96. The van der Waals surface area contributed by atoms with E-state index in [0.29, 0.717) is 35.1 Å². The van der Waals surface area contributed by atoms with E-state index in [1.165, 1.54) is 0 Å². The molecule has 0 saturated heterocycles. The molecule has 0 aromatic heterocycles. The zero-order valence-corrected chi connectivity index (χ0v) is 19.3. The Hall–Kier alpha value is -3.40. The van der Waals surface area contributed by atoms with Gasteiger partial charge in [-0.2, -0.15) is 0 Å². The molecule has 0 aliphatic rings. The average Bonchev–Trinajstić information content (AvgIpc) is 2.86. The van der Waals surface area contributed by atoms with E-state index in [-0.39, 0.29) is 11.1 Å². The molecule has 0 aliphatic heterocycles. The predicted molar refractivity (Wildman–Crippen MR) is 131 cm³/mol. The van der Waals surface area contributed by atoms with Gasteiger partial charge in [-0.15, -0.1) is 0 Å². The molecule has 174 valence electrons. The molecule has 0 radical (unpaired) electrons. The molecule has 4 heteroatoms. The summed E-state index contributed by atoms with van der Waals surface area (Å²) in [6, 6.07) is 20.9. The summed E-state index contributed by atoms with van der Waals surface area (Å²) in [5, 5.41) is 0. The second kappa shape index (κ2) is 10.3. The first-order valence-corrected chi connectivity index (χ1v) is 11.6. The Kier molecular flexibility index (Phi) is 7.16. The van der Waals surface area contributed by atoms with Crippen LogP contribution < -0.4 is 0 Å². The summed E-state index contributed by atoms with van der Waals surface area (Å²) in [6.45, 7) is 3.85. The molecule has 0 heterocycles.